The van der Waals surface area contributed by atoms with Crippen LogP contribution >= 0.6 is 19.2 Å². The summed E-state index contributed by atoms with van der Waals surface area (Å²) in [5.74, 6) is -5.02. The standard InChI is InChI=1S/C47H67ClF3N8O18P/c48-46-53-43(35-25-52-59(44(35)54-46)45-41(62)40(61)38(76-45)28-74-31-78(63,64)65)57-29-47(30-57)4-1-34(2-5-47)75-22-21-72-18-17-70-15-16-71-19-20-73-27-33-26-58(56-55-33)6-8-67-10-12-69-14-13-68-11-9-66-7-3-39(60)77-42-36(50)23-32(49)24-37(42)51/h23-26,34,38,40-41,45,61-62H,1-22,27-31H2,(H2,63,64,65)/t38-,40-,41-,45-/m1/s1. The molecule has 0 amide bonds. The molecule has 4 aromatic rings. The first-order chi connectivity index (χ1) is 37.7. The molecule has 4 atom stereocenters. The van der Waals surface area contributed by atoms with E-state index in [1.807, 2.05) is 0 Å². The van der Waals surface area contributed by atoms with Gasteiger partial charge in [0.15, 0.2) is 23.5 Å². The van der Waals surface area contributed by atoms with Gasteiger partial charge in [-0.1, -0.05) is 5.21 Å². The average molecular weight is 1160 g/mol. The van der Waals surface area contributed by atoms with Crippen LogP contribution in [0.3, 0.4) is 0 Å². The van der Waals surface area contributed by atoms with Crippen molar-refractivity contribution in [2.24, 2.45) is 5.41 Å². The number of ether oxygens (including phenoxy) is 12. The van der Waals surface area contributed by atoms with Crippen LogP contribution in [0, 0.1) is 22.9 Å². The number of hydrogen-bond acceptors (Lipinski definition) is 22. The van der Waals surface area contributed by atoms with Gasteiger partial charge in [-0.05, 0) is 37.3 Å². The van der Waals surface area contributed by atoms with E-state index in [4.69, 9.17) is 73.5 Å². The summed E-state index contributed by atoms with van der Waals surface area (Å²) in [5.41, 5.74) is 1.10. The number of aromatic nitrogens is 7. The molecule has 1 aliphatic carbocycles. The molecule has 31 heteroatoms. The predicted octanol–water partition coefficient (Wildman–Crippen LogP) is 2.35. The van der Waals surface area contributed by atoms with E-state index >= 15 is 0 Å². The number of aliphatic hydroxyl groups is 2. The van der Waals surface area contributed by atoms with Crippen LogP contribution in [0.2, 0.25) is 5.28 Å². The van der Waals surface area contributed by atoms with Crippen molar-refractivity contribution in [1.29, 1.82) is 0 Å². The molecule has 7 rings (SSSR count). The molecular weight excluding hydrogens is 1090 g/mol. The van der Waals surface area contributed by atoms with Crippen LogP contribution in [0.4, 0.5) is 19.0 Å². The maximum atomic E-state index is 13.6. The highest BCUT2D eigenvalue weighted by Crippen LogP contribution is 2.47. The molecule has 5 heterocycles. The quantitative estimate of drug-likeness (QED) is 0.0166. The van der Waals surface area contributed by atoms with Gasteiger partial charge >= 0.3 is 13.6 Å². The molecule has 436 valence electrons. The third-order valence-corrected chi connectivity index (χ3v) is 13.3. The first kappa shape index (κ1) is 61.5. The average Bonchev–Trinajstić information content (AvgIpc) is 4.21. The zero-order chi connectivity index (χ0) is 55.3. The summed E-state index contributed by atoms with van der Waals surface area (Å²) in [6.45, 7) is 7.59. The van der Waals surface area contributed by atoms with Crippen molar-refractivity contribution in [2.45, 2.75) is 75.9 Å². The molecule has 2 aliphatic heterocycles. The van der Waals surface area contributed by atoms with Gasteiger partial charge < -0.3 is 81.7 Å². The lowest BCUT2D eigenvalue weighted by Crippen LogP contribution is -2.58. The topological polar surface area (TPSA) is 303 Å². The summed E-state index contributed by atoms with van der Waals surface area (Å²) < 4.78 is 120. The Morgan fingerprint density at radius 3 is 1.96 bits per heavy atom. The van der Waals surface area contributed by atoms with E-state index in [1.165, 1.54) is 4.68 Å². The SMILES string of the molecule is O=C(CCOCCOCCOCCOCCn1cc(COCCOCCOCCOCCOC2CCC3(CC2)CN(c2nc(Cl)nc4c2cnn4[C@@H]2O[C@H](COCP(=O)(O)O)[C@@H](O)[C@H]2O)C3)nn1)Oc1c(F)cc(F)cc1F. The second kappa shape index (κ2) is 31.2. The van der Waals surface area contributed by atoms with Gasteiger partial charge in [-0.15, -0.1) is 5.10 Å². The Morgan fingerprint density at radius 2 is 1.35 bits per heavy atom. The second-order valence-electron chi connectivity index (χ2n) is 18.5. The molecule has 2 saturated heterocycles. The van der Waals surface area contributed by atoms with Crippen LogP contribution in [0.15, 0.2) is 24.5 Å². The molecule has 1 aromatic carbocycles. The molecular formula is C47H67ClF3N8O18P. The summed E-state index contributed by atoms with van der Waals surface area (Å²) in [6, 6.07) is 0.838. The van der Waals surface area contributed by atoms with Crippen molar-refractivity contribution in [3.8, 4) is 5.75 Å². The normalized spacial score (nSPS) is 19.6. The van der Waals surface area contributed by atoms with Crippen molar-refractivity contribution in [1.82, 2.24) is 34.7 Å². The minimum Gasteiger partial charge on any atom is -0.420 e. The summed E-state index contributed by atoms with van der Waals surface area (Å²) in [7, 11) is -4.43. The molecule has 4 N–H and O–H groups in total. The summed E-state index contributed by atoms with van der Waals surface area (Å²) >= 11 is 6.37. The molecule has 1 saturated carbocycles. The predicted molar refractivity (Wildman–Crippen MR) is 264 cm³/mol. The van der Waals surface area contributed by atoms with E-state index in [0.29, 0.717) is 127 Å². The third kappa shape index (κ3) is 19.3. The number of carbonyl (C=O) groups excluding carboxylic acids is 1. The van der Waals surface area contributed by atoms with Gasteiger partial charge in [0.2, 0.25) is 11.0 Å². The zero-order valence-electron chi connectivity index (χ0n) is 42.8. The van der Waals surface area contributed by atoms with E-state index in [1.54, 1.807) is 17.1 Å². The molecule has 0 unspecified atom stereocenters. The number of nitrogens with zero attached hydrogens (tertiary/aromatic N) is 8. The number of carbonyl (C=O) groups is 1. The highest BCUT2D eigenvalue weighted by Gasteiger charge is 2.48. The fraction of sp³-hybridized carbons (Fsp3) is 0.702. The third-order valence-electron chi connectivity index (χ3n) is 12.6. The van der Waals surface area contributed by atoms with Crippen LogP contribution < -0.4 is 9.64 Å². The molecule has 3 fully saturated rings. The largest absolute Gasteiger partial charge is 0.420 e. The number of aliphatic hydroxyl groups excluding tert-OH is 2. The Kier molecular flexibility index (Phi) is 24.6. The lowest BCUT2D eigenvalue weighted by Gasteiger charge is -2.54. The van der Waals surface area contributed by atoms with Gasteiger partial charge in [-0.25, -0.2) is 22.5 Å². The number of fused-ring (bicyclic) bond motifs is 1. The highest BCUT2D eigenvalue weighted by atomic mass is 35.5. The van der Waals surface area contributed by atoms with E-state index in [2.05, 4.69) is 35.0 Å². The Bertz CT molecular complexity index is 2480. The van der Waals surface area contributed by atoms with Gasteiger partial charge in [0.05, 0.1) is 156 Å². The van der Waals surface area contributed by atoms with E-state index < -0.39 is 67.7 Å². The van der Waals surface area contributed by atoms with E-state index in [9.17, 15) is 32.7 Å². The van der Waals surface area contributed by atoms with Crippen molar-refractivity contribution in [2.75, 3.05) is 137 Å². The number of benzene rings is 1. The molecule has 0 bridgehead atoms. The summed E-state index contributed by atoms with van der Waals surface area (Å²) in [5, 5.41) is 34.5. The van der Waals surface area contributed by atoms with Crippen LogP contribution in [-0.2, 0) is 74.6 Å². The van der Waals surface area contributed by atoms with E-state index in [0.717, 1.165) is 38.8 Å². The molecule has 1 spiro atoms. The van der Waals surface area contributed by atoms with Crippen molar-refractivity contribution < 1.29 is 99.4 Å². The highest BCUT2D eigenvalue weighted by molar-refractivity contribution is 7.51. The van der Waals surface area contributed by atoms with E-state index in [-0.39, 0.29) is 56.3 Å². The monoisotopic (exact) mass is 1150 g/mol. The fourth-order valence-electron chi connectivity index (χ4n) is 8.76. The van der Waals surface area contributed by atoms with Crippen molar-refractivity contribution >= 4 is 42.0 Å². The number of hydrogen-bond donors (Lipinski definition) is 4. The first-order valence-corrected chi connectivity index (χ1v) is 27.6. The lowest BCUT2D eigenvalue weighted by atomic mass is 9.68. The van der Waals surface area contributed by atoms with Crippen LogP contribution in [0.25, 0.3) is 11.0 Å². The van der Waals surface area contributed by atoms with Crippen LogP contribution in [-0.4, -0.2) is 217 Å². The van der Waals surface area contributed by atoms with Gasteiger partial charge in [0.25, 0.3) is 0 Å². The van der Waals surface area contributed by atoms with Crippen molar-refractivity contribution in [3.63, 3.8) is 0 Å². The second-order valence-corrected chi connectivity index (χ2v) is 20.4. The summed E-state index contributed by atoms with van der Waals surface area (Å²) in [6.07, 6.45) is 1.17. The minimum absolute atomic E-state index is 0.0205. The number of rotatable bonds is 37. The first-order valence-electron chi connectivity index (χ1n) is 25.4. The number of anilines is 1. The molecule has 3 aliphatic rings. The zero-order valence-corrected chi connectivity index (χ0v) is 44.5. The van der Waals surface area contributed by atoms with Gasteiger partial charge in [-0.2, -0.15) is 15.1 Å². The maximum absolute atomic E-state index is 13.6. The van der Waals surface area contributed by atoms with Gasteiger partial charge in [-0.3, -0.25) is 9.36 Å². The van der Waals surface area contributed by atoms with Crippen LogP contribution in [0.1, 0.15) is 44.0 Å². The molecule has 3 aromatic heterocycles. The fourth-order valence-corrected chi connectivity index (χ4v) is 9.26. The molecule has 26 nitrogen and oxygen atoms in total. The lowest BCUT2D eigenvalue weighted by molar-refractivity contribution is -0.136. The van der Waals surface area contributed by atoms with Crippen molar-refractivity contribution in [3.05, 3.63) is 53.0 Å². The summed E-state index contributed by atoms with van der Waals surface area (Å²) in [4.78, 5) is 40.9. The Labute approximate surface area is 451 Å². The maximum Gasteiger partial charge on any atom is 0.350 e. The van der Waals surface area contributed by atoms with Gasteiger partial charge in [0, 0.05) is 30.6 Å². The number of halogens is 4. The Hall–Kier alpha value is -4.11. The van der Waals surface area contributed by atoms with Crippen LogP contribution in [0.5, 0.6) is 5.75 Å². The van der Waals surface area contributed by atoms with Gasteiger partial charge in [0.1, 0.15) is 42.0 Å². The molecule has 0 radical (unpaired) electrons. The minimum atomic E-state index is -4.43. The molecule has 78 heavy (non-hydrogen) atoms. The number of esters is 1. The Morgan fingerprint density at radius 1 is 0.769 bits per heavy atom. The Balaban J connectivity index is 0.615. The smallest absolute Gasteiger partial charge is 0.350 e.